The Balaban J connectivity index is 1.75. The molecule has 0 heterocycles. The summed E-state index contributed by atoms with van der Waals surface area (Å²) < 4.78 is 0. The first-order valence-corrected chi connectivity index (χ1v) is 9.80. The zero-order valence-electron chi connectivity index (χ0n) is 15.6. The van der Waals surface area contributed by atoms with Crippen molar-refractivity contribution in [1.82, 2.24) is 0 Å². The van der Waals surface area contributed by atoms with Crippen molar-refractivity contribution in [3.63, 3.8) is 0 Å². The fourth-order valence-corrected chi connectivity index (χ4v) is 6.98. The average molecular weight is 360 g/mol. The van der Waals surface area contributed by atoms with Gasteiger partial charge < -0.3 is 10.2 Å². The van der Waals surface area contributed by atoms with Gasteiger partial charge in [0.25, 0.3) is 0 Å². The standard InChI is InChI=1S/C21H28O5/c1-19-7-5-13(23)9-12(19)3-4-14-15-6-8-21(26,17(25)11-22)20(15,2)10-16(24)18(14)19/h9,14-15,18,22,26H,3-8,10-11H2,1-2H3/t14-,15+,18-,19-,20-,21-/m0/s1. The zero-order valence-corrected chi connectivity index (χ0v) is 15.6. The van der Waals surface area contributed by atoms with E-state index in [9.17, 15) is 24.6 Å². The van der Waals surface area contributed by atoms with E-state index in [0.29, 0.717) is 25.7 Å². The molecular weight excluding hydrogens is 332 g/mol. The predicted molar refractivity (Wildman–Crippen MR) is 94.1 cm³/mol. The lowest BCUT2D eigenvalue weighted by Crippen LogP contribution is -2.60. The van der Waals surface area contributed by atoms with Crippen LogP contribution in [-0.2, 0) is 14.4 Å². The van der Waals surface area contributed by atoms with Crippen molar-refractivity contribution in [1.29, 1.82) is 0 Å². The Morgan fingerprint density at radius 2 is 1.92 bits per heavy atom. The molecule has 5 nitrogen and oxygen atoms in total. The number of carbonyl (C=O) groups excluding carboxylic acids is 3. The fourth-order valence-electron chi connectivity index (χ4n) is 6.98. The van der Waals surface area contributed by atoms with Crippen LogP contribution in [0.5, 0.6) is 0 Å². The number of aliphatic hydroxyl groups excluding tert-OH is 1. The Kier molecular flexibility index (Phi) is 3.88. The molecule has 0 aromatic rings. The second-order valence-corrected chi connectivity index (χ2v) is 9.38. The van der Waals surface area contributed by atoms with Crippen molar-refractivity contribution >= 4 is 17.3 Å². The Morgan fingerprint density at radius 3 is 2.62 bits per heavy atom. The Bertz CT molecular complexity index is 724. The molecule has 0 bridgehead atoms. The van der Waals surface area contributed by atoms with Crippen molar-refractivity contribution < 1.29 is 24.6 Å². The smallest absolute Gasteiger partial charge is 0.190 e. The number of ketones is 3. The second-order valence-electron chi connectivity index (χ2n) is 9.38. The molecule has 4 aliphatic rings. The molecule has 0 aromatic carbocycles. The maximum Gasteiger partial charge on any atom is 0.190 e. The number of aliphatic hydroxyl groups is 2. The number of hydrogen-bond acceptors (Lipinski definition) is 5. The number of carbonyl (C=O) groups is 3. The van der Waals surface area contributed by atoms with Crippen LogP contribution in [0.25, 0.3) is 0 Å². The summed E-state index contributed by atoms with van der Waals surface area (Å²) in [4.78, 5) is 37.5. The number of hydrogen-bond donors (Lipinski definition) is 2. The number of fused-ring (bicyclic) bond motifs is 5. The summed E-state index contributed by atoms with van der Waals surface area (Å²) in [6.07, 6.45) is 5.83. The molecule has 5 heteroatoms. The summed E-state index contributed by atoms with van der Waals surface area (Å²) in [5, 5.41) is 20.5. The van der Waals surface area contributed by atoms with Gasteiger partial charge in [-0.15, -0.1) is 0 Å². The van der Waals surface area contributed by atoms with Gasteiger partial charge in [-0.25, -0.2) is 0 Å². The Labute approximate surface area is 153 Å². The molecule has 0 amide bonds. The third kappa shape index (κ3) is 2.07. The van der Waals surface area contributed by atoms with Crippen molar-refractivity contribution in [3.8, 4) is 0 Å². The molecule has 26 heavy (non-hydrogen) atoms. The summed E-state index contributed by atoms with van der Waals surface area (Å²) in [5.41, 5.74) is -1.55. The third-order valence-electron chi connectivity index (χ3n) is 8.41. The van der Waals surface area contributed by atoms with E-state index in [2.05, 4.69) is 6.92 Å². The molecule has 0 unspecified atom stereocenters. The van der Waals surface area contributed by atoms with Gasteiger partial charge in [0.15, 0.2) is 11.6 Å². The summed E-state index contributed by atoms with van der Waals surface area (Å²) in [6.45, 7) is 3.31. The molecule has 0 radical (unpaired) electrons. The van der Waals surface area contributed by atoms with Gasteiger partial charge in [0.05, 0.1) is 0 Å². The van der Waals surface area contributed by atoms with Crippen molar-refractivity contribution in [3.05, 3.63) is 11.6 Å². The highest BCUT2D eigenvalue weighted by Gasteiger charge is 2.68. The molecule has 4 rings (SSSR count). The second kappa shape index (κ2) is 5.59. The zero-order chi connectivity index (χ0) is 18.9. The van der Waals surface area contributed by atoms with Crippen molar-refractivity contribution in [2.75, 3.05) is 6.61 Å². The molecule has 4 aliphatic carbocycles. The summed E-state index contributed by atoms with van der Waals surface area (Å²) >= 11 is 0. The van der Waals surface area contributed by atoms with Crippen molar-refractivity contribution in [2.24, 2.45) is 28.6 Å². The van der Waals surface area contributed by atoms with Crippen LogP contribution in [0.2, 0.25) is 0 Å². The van der Waals surface area contributed by atoms with Gasteiger partial charge in [-0.3, -0.25) is 14.4 Å². The lowest BCUT2D eigenvalue weighted by atomic mass is 9.46. The van der Waals surface area contributed by atoms with E-state index in [1.807, 2.05) is 6.92 Å². The molecular formula is C21H28O5. The van der Waals surface area contributed by atoms with Gasteiger partial charge in [-0.2, -0.15) is 0 Å². The quantitative estimate of drug-likeness (QED) is 0.786. The first-order valence-electron chi connectivity index (χ1n) is 9.80. The summed E-state index contributed by atoms with van der Waals surface area (Å²) in [7, 11) is 0. The summed E-state index contributed by atoms with van der Waals surface area (Å²) in [6, 6.07) is 0. The SMILES string of the molecule is C[C@]12CCC(=O)C=C1CC[C@@H]1[C@H]2C(=O)C[C@@]2(C)[C@@H]1CC[C@]2(O)C(=O)CO. The topological polar surface area (TPSA) is 91.7 Å². The highest BCUT2D eigenvalue weighted by molar-refractivity contribution is 5.94. The van der Waals surface area contributed by atoms with Gasteiger partial charge in [-0.05, 0) is 55.4 Å². The van der Waals surface area contributed by atoms with E-state index in [1.165, 1.54) is 0 Å². The van der Waals surface area contributed by atoms with Gasteiger partial charge >= 0.3 is 0 Å². The van der Waals surface area contributed by atoms with Crippen LogP contribution in [0.4, 0.5) is 0 Å². The lowest BCUT2D eigenvalue weighted by molar-refractivity contribution is -0.170. The van der Waals surface area contributed by atoms with Crippen LogP contribution >= 0.6 is 0 Å². The van der Waals surface area contributed by atoms with Crippen molar-refractivity contribution in [2.45, 2.75) is 64.4 Å². The molecule has 6 atom stereocenters. The van der Waals surface area contributed by atoms with Crippen LogP contribution in [0.3, 0.4) is 0 Å². The van der Waals surface area contributed by atoms with E-state index in [0.717, 1.165) is 18.4 Å². The third-order valence-corrected chi connectivity index (χ3v) is 8.41. The van der Waals surface area contributed by atoms with Gasteiger partial charge in [0.1, 0.15) is 18.0 Å². The summed E-state index contributed by atoms with van der Waals surface area (Å²) in [5.74, 6) is -0.172. The predicted octanol–water partition coefficient (Wildman–Crippen LogP) is 1.99. The molecule has 0 aromatic heterocycles. The molecule has 142 valence electrons. The van der Waals surface area contributed by atoms with Crippen LogP contribution in [0.1, 0.15) is 58.8 Å². The number of allylic oxidation sites excluding steroid dienone is 1. The van der Waals surface area contributed by atoms with E-state index < -0.39 is 23.4 Å². The van der Waals surface area contributed by atoms with Crippen LogP contribution in [0.15, 0.2) is 11.6 Å². The van der Waals surface area contributed by atoms with E-state index in [1.54, 1.807) is 6.08 Å². The molecule has 3 saturated carbocycles. The average Bonchev–Trinajstić information content (AvgIpc) is 2.86. The largest absolute Gasteiger partial charge is 0.388 e. The number of rotatable bonds is 2. The van der Waals surface area contributed by atoms with Gasteiger partial charge in [0, 0.05) is 24.2 Å². The first-order chi connectivity index (χ1) is 12.2. The highest BCUT2D eigenvalue weighted by Crippen LogP contribution is 2.66. The van der Waals surface area contributed by atoms with Crippen LogP contribution in [0, 0.1) is 28.6 Å². The van der Waals surface area contributed by atoms with E-state index in [4.69, 9.17) is 0 Å². The minimum atomic E-state index is -1.60. The monoisotopic (exact) mass is 360 g/mol. The minimum absolute atomic E-state index is 0.0988. The normalized spacial score (nSPS) is 47.7. The van der Waals surface area contributed by atoms with Gasteiger partial charge in [-0.1, -0.05) is 19.4 Å². The highest BCUT2D eigenvalue weighted by atomic mass is 16.3. The maximum atomic E-state index is 13.3. The van der Waals surface area contributed by atoms with Crippen LogP contribution in [-0.4, -0.2) is 39.8 Å². The molecule has 2 N–H and O–H groups in total. The van der Waals surface area contributed by atoms with Crippen LogP contribution < -0.4 is 0 Å². The van der Waals surface area contributed by atoms with Gasteiger partial charge in [0.2, 0.25) is 0 Å². The molecule has 0 saturated heterocycles. The number of Topliss-reactive ketones (excluding diaryl/α,β-unsaturated/α-hetero) is 2. The first kappa shape index (κ1) is 18.1. The molecule has 3 fully saturated rings. The molecule has 0 spiro atoms. The Hall–Kier alpha value is -1.33. The van der Waals surface area contributed by atoms with E-state index >= 15 is 0 Å². The maximum absolute atomic E-state index is 13.3. The molecule has 0 aliphatic heterocycles. The Morgan fingerprint density at radius 1 is 1.19 bits per heavy atom. The fraction of sp³-hybridized carbons (Fsp3) is 0.762. The van der Waals surface area contributed by atoms with E-state index in [-0.39, 0.29) is 41.2 Å². The lowest BCUT2D eigenvalue weighted by Gasteiger charge is -2.57. The minimum Gasteiger partial charge on any atom is -0.388 e.